The predicted octanol–water partition coefficient (Wildman–Crippen LogP) is 5.37. The molecule has 0 aliphatic rings. The molecule has 0 saturated carbocycles. The summed E-state index contributed by atoms with van der Waals surface area (Å²) in [5, 5.41) is 15.9. The van der Waals surface area contributed by atoms with Crippen LogP contribution in [0.3, 0.4) is 0 Å². The first-order valence-electron chi connectivity index (χ1n) is 9.23. The van der Waals surface area contributed by atoms with Crippen molar-refractivity contribution in [2.75, 3.05) is 11.9 Å². The molecule has 154 valence electrons. The number of aryl methyl sites for hydroxylation is 2. The summed E-state index contributed by atoms with van der Waals surface area (Å²) in [6.45, 7) is 5.46. The molecule has 3 rings (SSSR count). The highest BCUT2D eigenvalue weighted by Gasteiger charge is 2.23. The number of ether oxygens (including phenoxy) is 1. The van der Waals surface area contributed by atoms with Gasteiger partial charge in [-0.3, -0.25) is 14.9 Å². The standard InChI is InChI=1S/C22H20N2O5S/c1-4-29-22(26)19-17(15-7-5-13(2)6-8-15)12-30-21(19)23-20(25)16-9-10-18(24(27)28)14(3)11-16/h5-12H,4H2,1-3H3,(H,23,25). The number of thiophene rings is 1. The Morgan fingerprint density at radius 3 is 2.43 bits per heavy atom. The first kappa shape index (κ1) is 21.2. The van der Waals surface area contributed by atoms with Crippen LogP contribution in [0.5, 0.6) is 0 Å². The number of esters is 1. The van der Waals surface area contributed by atoms with E-state index in [1.807, 2.05) is 31.2 Å². The molecule has 30 heavy (non-hydrogen) atoms. The van der Waals surface area contributed by atoms with Gasteiger partial charge in [-0.1, -0.05) is 29.8 Å². The summed E-state index contributed by atoms with van der Waals surface area (Å²) in [4.78, 5) is 35.9. The predicted molar refractivity (Wildman–Crippen MR) is 116 cm³/mol. The van der Waals surface area contributed by atoms with Gasteiger partial charge < -0.3 is 10.1 Å². The van der Waals surface area contributed by atoms with Gasteiger partial charge in [0.1, 0.15) is 10.6 Å². The van der Waals surface area contributed by atoms with Crippen LogP contribution in [0.4, 0.5) is 10.7 Å². The normalized spacial score (nSPS) is 10.5. The number of rotatable bonds is 6. The van der Waals surface area contributed by atoms with Crippen LogP contribution in [-0.4, -0.2) is 23.4 Å². The third-order valence-corrected chi connectivity index (χ3v) is 5.41. The van der Waals surface area contributed by atoms with E-state index in [0.717, 1.165) is 11.1 Å². The second-order valence-corrected chi connectivity index (χ2v) is 7.53. The quantitative estimate of drug-likeness (QED) is 0.326. The average Bonchev–Trinajstić information content (AvgIpc) is 3.11. The van der Waals surface area contributed by atoms with Crippen LogP contribution in [0.1, 0.15) is 38.8 Å². The van der Waals surface area contributed by atoms with Gasteiger partial charge in [-0.15, -0.1) is 11.3 Å². The molecule has 0 saturated heterocycles. The summed E-state index contributed by atoms with van der Waals surface area (Å²) in [6.07, 6.45) is 0. The summed E-state index contributed by atoms with van der Waals surface area (Å²) in [6, 6.07) is 11.8. The Kier molecular flexibility index (Phi) is 6.27. The van der Waals surface area contributed by atoms with E-state index in [4.69, 9.17) is 4.74 Å². The Labute approximate surface area is 177 Å². The smallest absolute Gasteiger partial charge is 0.341 e. The number of hydrogen-bond acceptors (Lipinski definition) is 6. The lowest BCUT2D eigenvalue weighted by molar-refractivity contribution is -0.385. The Morgan fingerprint density at radius 2 is 1.83 bits per heavy atom. The van der Waals surface area contributed by atoms with Crippen LogP contribution < -0.4 is 5.32 Å². The number of benzene rings is 2. The van der Waals surface area contributed by atoms with Crippen molar-refractivity contribution in [2.45, 2.75) is 20.8 Å². The van der Waals surface area contributed by atoms with Crippen LogP contribution in [-0.2, 0) is 4.74 Å². The molecule has 0 aliphatic heterocycles. The van der Waals surface area contributed by atoms with Crippen molar-refractivity contribution in [2.24, 2.45) is 0 Å². The molecule has 0 radical (unpaired) electrons. The fourth-order valence-corrected chi connectivity index (χ4v) is 3.93. The lowest BCUT2D eigenvalue weighted by atomic mass is 10.0. The van der Waals surface area contributed by atoms with E-state index >= 15 is 0 Å². The molecule has 0 bridgehead atoms. The highest BCUT2D eigenvalue weighted by molar-refractivity contribution is 7.15. The summed E-state index contributed by atoms with van der Waals surface area (Å²) in [7, 11) is 0. The number of nitrogens with zero attached hydrogens (tertiary/aromatic N) is 1. The monoisotopic (exact) mass is 424 g/mol. The van der Waals surface area contributed by atoms with Crippen LogP contribution in [0.2, 0.25) is 0 Å². The van der Waals surface area contributed by atoms with Gasteiger partial charge >= 0.3 is 5.97 Å². The summed E-state index contributed by atoms with van der Waals surface area (Å²) >= 11 is 1.22. The molecule has 1 amide bonds. The molecule has 3 aromatic rings. The number of carbonyl (C=O) groups is 2. The van der Waals surface area contributed by atoms with Crippen molar-refractivity contribution in [1.29, 1.82) is 0 Å². The third kappa shape index (κ3) is 4.38. The summed E-state index contributed by atoms with van der Waals surface area (Å²) < 4.78 is 5.20. The Morgan fingerprint density at radius 1 is 1.13 bits per heavy atom. The molecular formula is C22H20N2O5S. The fraction of sp³-hybridized carbons (Fsp3) is 0.182. The topological polar surface area (TPSA) is 98.5 Å². The zero-order valence-electron chi connectivity index (χ0n) is 16.7. The summed E-state index contributed by atoms with van der Waals surface area (Å²) in [5.41, 5.74) is 3.48. The van der Waals surface area contributed by atoms with Crippen molar-refractivity contribution in [3.63, 3.8) is 0 Å². The fourth-order valence-electron chi connectivity index (χ4n) is 2.98. The largest absolute Gasteiger partial charge is 0.462 e. The molecule has 7 nitrogen and oxygen atoms in total. The molecular weight excluding hydrogens is 404 g/mol. The van der Waals surface area contributed by atoms with E-state index in [0.29, 0.717) is 16.1 Å². The second-order valence-electron chi connectivity index (χ2n) is 6.65. The Bertz CT molecular complexity index is 1120. The molecule has 1 N–H and O–H groups in total. The number of nitro groups is 1. The highest BCUT2D eigenvalue weighted by Crippen LogP contribution is 2.36. The molecule has 0 spiro atoms. The minimum atomic E-state index is -0.524. The maximum absolute atomic E-state index is 12.7. The van der Waals surface area contributed by atoms with Gasteiger partial charge in [0.25, 0.3) is 11.6 Å². The van der Waals surface area contributed by atoms with Crippen LogP contribution in [0.15, 0.2) is 47.8 Å². The van der Waals surface area contributed by atoms with E-state index in [1.165, 1.54) is 29.5 Å². The highest BCUT2D eigenvalue weighted by atomic mass is 32.1. The zero-order chi connectivity index (χ0) is 21.8. The van der Waals surface area contributed by atoms with Crippen LogP contribution >= 0.6 is 11.3 Å². The Hall–Kier alpha value is -3.52. The van der Waals surface area contributed by atoms with Gasteiger partial charge in [-0.2, -0.15) is 0 Å². The van der Waals surface area contributed by atoms with Crippen LogP contribution in [0, 0.1) is 24.0 Å². The van der Waals surface area contributed by atoms with Crippen molar-refractivity contribution >= 4 is 33.9 Å². The SMILES string of the molecule is CCOC(=O)c1c(-c2ccc(C)cc2)csc1NC(=O)c1ccc([N+](=O)[O-])c(C)c1. The first-order chi connectivity index (χ1) is 14.3. The maximum Gasteiger partial charge on any atom is 0.341 e. The molecule has 0 unspecified atom stereocenters. The van der Waals surface area contributed by atoms with Crippen LogP contribution in [0.25, 0.3) is 11.1 Å². The molecule has 0 atom stereocenters. The van der Waals surface area contributed by atoms with Gasteiger partial charge in [-0.25, -0.2) is 4.79 Å². The maximum atomic E-state index is 12.7. The van der Waals surface area contributed by atoms with E-state index in [2.05, 4.69) is 5.32 Å². The van der Waals surface area contributed by atoms with Crippen molar-refractivity contribution in [1.82, 2.24) is 0 Å². The van der Waals surface area contributed by atoms with Gasteiger partial charge in [0, 0.05) is 28.1 Å². The number of anilines is 1. The lowest BCUT2D eigenvalue weighted by Crippen LogP contribution is -2.15. The number of hydrogen-bond donors (Lipinski definition) is 1. The van der Waals surface area contributed by atoms with Crippen molar-refractivity contribution in [3.8, 4) is 11.1 Å². The minimum Gasteiger partial charge on any atom is -0.462 e. The van der Waals surface area contributed by atoms with E-state index in [-0.39, 0.29) is 23.4 Å². The van der Waals surface area contributed by atoms with E-state index < -0.39 is 16.8 Å². The number of carbonyl (C=O) groups excluding carboxylic acids is 2. The minimum absolute atomic E-state index is 0.0588. The van der Waals surface area contributed by atoms with Gasteiger partial charge in [0.15, 0.2) is 0 Å². The zero-order valence-corrected chi connectivity index (χ0v) is 17.5. The van der Waals surface area contributed by atoms with Gasteiger partial charge in [0.2, 0.25) is 0 Å². The van der Waals surface area contributed by atoms with Gasteiger partial charge in [-0.05, 0) is 38.5 Å². The molecule has 1 heterocycles. The summed E-state index contributed by atoms with van der Waals surface area (Å²) in [5.74, 6) is -0.986. The number of amides is 1. The third-order valence-electron chi connectivity index (χ3n) is 4.52. The van der Waals surface area contributed by atoms with Gasteiger partial charge in [0.05, 0.1) is 11.5 Å². The molecule has 2 aromatic carbocycles. The second kappa shape index (κ2) is 8.87. The van der Waals surface area contributed by atoms with Crippen molar-refractivity contribution in [3.05, 3.63) is 80.2 Å². The number of nitrogens with one attached hydrogen (secondary N) is 1. The van der Waals surface area contributed by atoms with Crippen molar-refractivity contribution < 1.29 is 19.2 Å². The van der Waals surface area contributed by atoms with E-state index in [1.54, 1.807) is 19.2 Å². The number of nitro benzene ring substituents is 1. The Balaban J connectivity index is 1.96. The molecule has 0 aliphatic carbocycles. The molecule has 1 aromatic heterocycles. The lowest BCUT2D eigenvalue weighted by Gasteiger charge is -2.09. The molecule has 0 fully saturated rings. The first-order valence-corrected chi connectivity index (χ1v) is 10.1. The van der Waals surface area contributed by atoms with E-state index in [9.17, 15) is 19.7 Å². The molecule has 8 heteroatoms. The average molecular weight is 424 g/mol.